The van der Waals surface area contributed by atoms with E-state index in [2.05, 4.69) is 20.2 Å². The third kappa shape index (κ3) is 8.52. The number of nitrogens with zero attached hydrogens (tertiary/aromatic N) is 3. The normalized spacial score (nSPS) is 16.1. The average Bonchev–Trinajstić information content (AvgIpc) is 2.79. The summed E-state index contributed by atoms with van der Waals surface area (Å²) in [5.74, 6) is 2.26. The van der Waals surface area contributed by atoms with Gasteiger partial charge in [-0.3, -0.25) is 9.79 Å². The van der Waals surface area contributed by atoms with Gasteiger partial charge in [0, 0.05) is 45.4 Å². The van der Waals surface area contributed by atoms with Crippen LogP contribution in [0.25, 0.3) is 0 Å². The number of hydrogen-bond donors (Lipinski definition) is 2. The number of piperidine rings is 1. The molecular formula is C23H32IN5O3. The molecule has 1 amide bonds. The quantitative estimate of drug-likeness (QED) is 0.214. The smallest absolute Gasteiger partial charge is 0.217 e. The summed E-state index contributed by atoms with van der Waals surface area (Å²) in [6.45, 7) is 3.20. The van der Waals surface area contributed by atoms with E-state index in [1.807, 2.05) is 42.5 Å². The Morgan fingerprint density at radius 1 is 1.22 bits per heavy atom. The molecule has 3 rings (SSSR count). The van der Waals surface area contributed by atoms with Crippen molar-refractivity contribution in [2.24, 2.45) is 16.6 Å². The minimum Gasteiger partial charge on any atom is -0.490 e. The summed E-state index contributed by atoms with van der Waals surface area (Å²) in [6, 6.07) is 13.5. The van der Waals surface area contributed by atoms with Crippen LogP contribution in [-0.2, 0) is 11.3 Å². The highest BCUT2D eigenvalue weighted by Gasteiger charge is 2.23. The van der Waals surface area contributed by atoms with Gasteiger partial charge in [0.2, 0.25) is 11.8 Å². The average molecular weight is 553 g/mol. The second kappa shape index (κ2) is 13.8. The maximum Gasteiger partial charge on any atom is 0.217 e. The van der Waals surface area contributed by atoms with Gasteiger partial charge in [0.15, 0.2) is 5.96 Å². The number of likely N-dealkylation sites (tertiary alicyclic amines) is 1. The van der Waals surface area contributed by atoms with Crippen molar-refractivity contribution >= 4 is 35.8 Å². The molecule has 0 radical (unpaired) electrons. The zero-order valence-corrected chi connectivity index (χ0v) is 20.7. The summed E-state index contributed by atoms with van der Waals surface area (Å²) in [7, 11) is 1.77. The van der Waals surface area contributed by atoms with Crippen molar-refractivity contribution in [3.05, 3.63) is 54.2 Å². The highest BCUT2D eigenvalue weighted by molar-refractivity contribution is 14.0. The van der Waals surface area contributed by atoms with Gasteiger partial charge in [-0.25, -0.2) is 4.98 Å². The number of aromatic nitrogens is 1. The van der Waals surface area contributed by atoms with Crippen molar-refractivity contribution in [2.45, 2.75) is 25.8 Å². The number of primary amides is 1. The second-order valence-electron chi connectivity index (χ2n) is 7.54. The van der Waals surface area contributed by atoms with Gasteiger partial charge in [-0.2, -0.15) is 0 Å². The molecular weight excluding hydrogens is 521 g/mol. The monoisotopic (exact) mass is 553 g/mol. The van der Waals surface area contributed by atoms with Gasteiger partial charge in [0.05, 0.1) is 0 Å². The number of rotatable bonds is 9. The first-order chi connectivity index (χ1) is 15.1. The predicted molar refractivity (Wildman–Crippen MR) is 135 cm³/mol. The van der Waals surface area contributed by atoms with Crippen LogP contribution in [0.15, 0.2) is 53.7 Å². The molecule has 9 heteroatoms. The van der Waals surface area contributed by atoms with Crippen LogP contribution in [0.5, 0.6) is 11.6 Å². The van der Waals surface area contributed by atoms with Crippen LogP contribution in [0, 0.1) is 5.92 Å². The van der Waals surface area contributed by atoms with E-state index >= 15 is 0 Å². The van der Waals surface area contributed by atoms with E-state index in [9.17, 15) is 4.79 Å². The zero-order chi connectivity index (χ0) is 21.9. The molecule has 0 spiro atoms. The number of benzene rings is 1. The van der Waals surface area contributed by atoms with Crippen LogP contribution in [0.1, 0.15) is 24.8 Å². The van der Waals surface area contributed by atoms with Gasteiger partial charge < -0.3 is 25.4 Å². The van der Waals surface area contributed by atoms with Crippen LogP contribution in [0.4, 0.5) is 0 Å². The Morgan fingerprint density at radius 3 is 2.69 bits per heavy atom. The summed E-state index contributed by atoms with van der Waals surface area (Å²) in [4.78, 5) is 22.2. The van der Waals surface area contributed by atoms with Crippen molar-refractivity contribution in [1.82, 2.24) is 15.2 Å². The molecule has 0 aliphatic carbocycles. The highest BCUT2D eigenvalue weighted by Crippen LogP contribution is 2.19. The van der Waals surface area contributed by atoms with Crippen molar-refractivity contribution < 1.29 is 14.3 Å². The summed E-state index contributed by atoms with van der Waals surface area (Å²) in [6.07, 6.45) is 4.27. The van der Waals surface area contributed by atoms with Gasteiger partial charge >= 0.3 is 0 Å². The van der Waals surface area contributed by atoms with Crippen LogP contribution in [-0.4, -0.2) is 55.1 Å². The molecule has 1 fully saturated rings. The summed E-state index contributed by atoms with van der Waals surface area (Å²) in [5.41, 5.74) is 6.39. The third-order valence-electron chi connectivity index (χ3n) is 5.11. The lowest BCUT2D eigenvalue weighted by atomic mass is 9.95. The van der Waals surface area contributed by atoms with Gasteiger partial charge in [-0.1, -0.05) is 24.3 Å². The summed E-state index contributed by atoms with van der Waals surface area (Å²) in [5, 5.41) is 3.38. The van der Waals surface area contributed by atoms with Crippen molar-refractivity contribution in [3.8, 4) is 11.6 Å². The molecule has 8 nitrogen and oxygen atoms in total. The Bertz CT molecular complexity index is 848. The molecule has 0 saturated carbocycles. The van der Waals surface area contributed by atoms with E-state index in [0.717, 1.165) is 43.2 Å². The third-order valence-corrected chi connectivity index (χ3v) is 5.11. The first kappa shape index (κ1) is 25.7. The lowest BCUT2D eigenvalue weighted by Crippen LogP contribution is -2.46. The topological polar surface area (TPSA) is 102 Å². The largest absolute Gasteiger partial charge is 0.490 e. The molecule has 1 aliphatic heterocycles. The van der Waals surface area contributed by atoms with Crippen molar-refractivity contribution in [3.63, 3.8) is 0 Å². The number of nitrogens with two attached hydrogens (primary N) is 1. The molecule has 1 saturated heterocycles. The van der Waals surface area contributed by atoms with Crippen molar-refractivity contribution in [2.75, 3.05) is 33.4 Å². The highest BCUT2D eigenvalue weighted by atomic mass is 127. The van der Waals surface area contributed by atoms with Gasteiger partial charge in [0.1, 0.15) is 19.0 Å². The molecule has 0 bridgehead atoms. The fraction of sp³-hybridized carbons (Fsp3) is 0.435. The minimum atomic E-state index is -0.241. The van der Waals surface area contributed by atoms with E-state index in [0.29, 0.717) is 32.1 Å². The second-order valence-corrected chi connectivity index (χ2v) is 7.54. The number of guanidine groups is 1. The molecule has 3 N–H and O–H groups in total. The number of carbonyl (C=O) groups excluding carboxylic acids is 1. The number of ether oxygens (including phenoxy) is 2. The lowest BCUT2D eigenvalue weighted by Gasteiger charge is -2.34. The number of nitrogens with one attached hydrogen (secondary N) is 1. The Hall–Kier alpha value is -2.56. The summed E-state index contributed by atoms with van der Waals surface area (Å²) >= 11 is 0. The van der Waals surface area contributed by atoms with Gasteiger partial charge in [-0.05, 0) is 36.5 Å². The lowest BCUT2D eigenvalue weighted by molar-refractivity contribution is -0.119. The number of aliphatic imine (C=N–C) groups is 1. The maximum atomic E-state index is 11.2. The molecule has 1 atom stereocenters. The van der Waals surface area contributed by atoms with E-state index < -0.39 is 0 Å². The van der Waals surface area contributed by atoms with Crippen LogP contribution < -0.4 is 20.5 Å². The number of amides is 1. The number of para-hydroxylation sites is 1. The predicted octanol–water partition coefficient (Wildman–Crippen LogP) is 2.82. The molecule has 1 aromatic carbocycles. The zero-order valence-electron chi connectivity index (χ0n) is 18.4. The van der Waals surface area contributed by atoms with Crippen LogP contribution in [0.2, 0.25) is 0 Å². The van der Waals surface area contributed by atoms with Gasteiger partial charge in [-0.15, -0.1) is 24.0 Å². The maximum absolute atomic E-state index is 11.2. The molecule has 32 heavy (non-hydrogen) atoms. The number of halogens is 1. The van der Waals surface area contributed by atoms with E-state index in [-0.39, 0.29) is 35.8 Å². The fourth-order valence-corrected chi connectivity index (χ4v) is 3.65. The van der Waals surface area contributed by atoms with Crippen molar-refractivity contribution in [1.29, 1.82) is 0 Å². The summed E-state index contributed by atoms with van der Waals surface area (Å²) < 4.78 is 11.3. The Kier molecular flexibility index (Phi) is 11.1. The fourth-order valence-electron chi connectivity index (χ4n) is 3.65. The molecule has 2 aromatic rings. The number of carbonyl (C=O) groups is 1. The Labute approximate surface area is 206 Å². The molecule has 174 valence electrons. The van der Waals surface area contributed by atoms with E-state index in [1.54, 1.807) is 13.2 Å². The molecule has 1 unspecified atom stereocenters. The molecule has 1 aliphatic rings. The van der Waals surface area contributed by atoms with Gasteiger partial charge in [0.25, 0.3) is 0 Å². The molecule has 1 aromatic heterocycles. The standard InChI is InChI=1S/C23H31N5O3.HI/c1-25-23(28-11-5-6-18(17-28)14-21(24)29)27-16-19-9-10-22(26-15-19)31-13-12-30-20-7-3-2-4-8-20;/h2-4,7-10,15,18H,5-6,11-14,16-17H2,1H3,(H2,24,29)(H,25,27);1H. The van der Waals surface area contributed by atoms with Crippen LogP contribution in [0.3, 0.4) is 0 Å². The van der Waals surface area contributed by atoms with E-state index in [4.69, 9.17) is 15.2 Å². The first-order valence-electron chi connectivity index (χ1n) is 10.6. The number of pyridine rings is 1. The van der Waals surface area contributed by atoms with E-state index in [1.165, 1.54) is 0 Å². The minimum absolute atomic E-state index is 0. The Morgan fingerprint density at radius 2 is 2.00 bits per heavy atom. The molecule has 2 heterocycles. The number of hydrogen-bond acceptors (Lipinski definition) is 5. The SMILES string of the molecule is CN=C(NCc1ccc(OCCOc2ccccc2)nc1)N1CCCC(CC(N)=O)C1.I. The Balaban J connectivity index is 0.00000363. The first-order valence-corrected chi connectivity index (χ1v) is 10.6. The van der Waals surface area contributed by atoms with Crippen LogP contribution >= 0.6 is 24.0 Å².